The number of fused-ring (bicyclic) bond motifs is 1. The second-order valence-electron chi connectivity index (χ2n) is 4.96. The molecule has 122 valence electrons. The van der Waals surface area contributed by atoms with Crippen molar-refractivity contribution in [2.75, 3.05) is 31.7 Å². The number of hydrogen-bond acceptors (Lipinski definition) is 7. The molecule has 1 aliphatic heterocycles. The van der Waals surface area contributed by atoms with Gasteiger partial charge in [-0.2, -0.15) is 0 Å². The van der Waals surface area contributed by atoms with E-state index in [4.69, 9.17) is 9.15 Å². The lowest BCUT2D eigenvalue weighted by molar-refractivity contribution is -0.141. The number of amides is 1. The monoisotopic (exact) mass is 352 g/mol. The Hall–Kier alpha value is -1.67. The number of aromatic nitrogens is 1. The number of benzene rings is 1. The maximum absolute atomic E-state index is 12.3. The van der Waals surface area contributed by atoms with Gasteiger partial charge >= 0.3 is 5.97 Å². The maximum atomic E-state index is 12.3. The lowest BCUT2D eigenvalue weighted by atomic mass is 10.3. The molecule has 8 heteroatoms. The normalized spacial score (nSPS) is 18.1. The van der Waals surface area contributed by atoms with E-state index in [0.29, 0.717) is 23.9 Å². The number of hydrogen-bond donors (Lipinski definition) is 0. The molecule has 0 unspecified atom stereocenters. The van der Waals surface area contributed by atoms with Crippen LogP contribution in [0.15, 0.2) is 33.9 Å². The second-order valence-corrected chi connectivity index (χ2v) is 7.20. The first-order chi connectivity index (χ1) is 11.2. The molecule has 1 amide bonds. The van der Waals surface area contributed by atoms with Gasteiger partial charge in [-0.05, 0) is 12.1 Å². The number of rotatable bonds is 4. The Balaban J connectivity index is 1.57. The zero-order valence-electron chi connectivity index (χ0n) is 12.6. The topological polar surface area (TPSA) is 72.6 Å². The SMILES string of the molecule is COC(=O)[C@@H]1CN(C(=O)CSc2nc3ccccc3o2)CCS1. The molecule has 1 fully saturated rings. The number of nitrogens with zero attached hydrogens (tertiary/aromatic N) is 2. The summed E-state index contributed by atoms with van der Waals surface area (Å²) in [6, 6.07) is 7.48. The Morgan fingerprint density at radius 1 is 1.48 bits per heavy atom. The molecule has 2 aromatic rings. The van der Waals surface area contributed by atoms with Crippen LogP contribution in [0.25, 0.3) is 11.1 Å². The summed E-state index contributed by atoms with van der Waals surface area (Å²) in [5.41, 5.74) is 1.49. The van der Waals surface area contributed by atoms with E-state index < -0.39 is 0 Å². The largest absolute Gasteiger partial charge is 0.468 e. The van der Waals surface area contributed by atoms with Crippen molar-refractivity contribution in [1.29, 1.82) is 0 Å². The van der Waals surface area contributed by atoms with Crippen molar-refractivity contribution in [1.82, 2.24) is 9.88 Å². The summed E-state index contributed by atoms with van der Waals surface area (Å²) in [5, 5.41) is 0.183. The first-order valence-electron chi connectivity index (χ1n) is 7.13. The van der Waals surface area contributed by atoms with Crippen LogP contribution in [-0.4, -0.2) is 58.7 Å². The van der Waals surface area contributed by atoms with E-state index in [0.717, 1.165) is 11.3 Å². The van der Waals surface area contributed by atoms with E-state index in [-0.39, 0.29) is 22.9 Å². The summed E-state index contributed by atoms with van der Waals surface area (Å²) in [6.07, 6.45) is 0. The van der Waals surface area contributed by atoms with Gasteiger partial charge in [-0.3, -0.25) is 9.59 Å². The van der Waals surface area contributed by atoms with Crippen molar-refractivity contribution in [2.45, 2.75) is 10.5 Å². The minimum atomic E-state index is -0.299. The van der Waals surface area contributed by atoms with Gasteiger partial charge in [-0.1, -0.05) is 23.9 Å². The Morgan fingerprint density at radius 3 is 3.09 bits per heavy atom. The summed E-state index contributed by atoms with van der Waals surface area (Å²) >= 11 is 2.80. The lowest BCUT2D eigenvalue weighted by Crippen LogP contribution is -2.45. The van der Waals surface area contributed by atoms with Gasteiger partial charge in [-0.25, -0.2) is 4.98 Å². The fourth-order valence-electron chi connectivity index (χ4n) is 2.28. The van der Waals surface area contributed by atoms with Crippen molar-refractivity contribution in [3.8, 4) is 0 Å². The van der Waals surface area contributed by atoms with Gasteiger partial charge < -0.3 is 14.1 Å². The van der Waals surface area contributed by atoms with Crippen LogP contribution in [-0.2, 0) is 14.3 Å². The van der Waals surface area contributed by atoms with Crippen LogP contribution in [0.3, 0.4) is 0 Å². The van der Waals surface area contributed by atoms with Gasteiger partial charge in [0.1, 0.15) is 10.8 Å². The van der Waals surface area contributed by atoms with Crippen LogP contribution < -0.4 is 0 Å². The minimum Gasteiger partial charge on any atom is -0.468 e. The van der Waals surface area contributed by atoms with E-state index in [9.17, 15) is 9.59 Å². The number of oxazole rings is 1. The van der Waals surface area contributed by atoms with E-state index in [1.807, 2.05) is 24.3 Å². The highest BCUT2D eigenvalue weighted by molar-refractivity contribution is 8.00. The summed E-state index contributed by atoms with van der Waals surface area (Å²) in [7, 11) is 1.37. The highest BCUT2D eigenvalue weighted by atomic mass is 32.2. The predicted octanol–water partition coefficient (Wildman–Crippen LogP) is 2.04. The molecule has 2 heterocycles. The zero-order valence-corrected chi connectivity index (χ0v) is 14.2. The standard InChI is InChI=1S/C15H16N2O4S2/c1-20-14(19)12-8-17(6-7-22-12)13(18)9-23-15-16-10-4-2-3-5-11(10)21-15/h2-5,12H,6-9H2,1H3/t12-/m0/s1. The highest BCUT2D eigenvalue weighted by Gasteiger charge is 2.29. The van der Waals surface area contributed by atoms with Crippen LogP contribution in [0, 0.1) is 0 Å². The highest BCUT2D eigenvalue weighted by Crippen LogP contribution is 2.25. The Morgan fingerprint density at radius 2 is 2.30 bits per heavy atom. The molecular weight excluding hydrogens is 336 g/mol. The van der Waals surface area contributed by atoms with Crippen LogP contribution in [0.2, 0.25) is 0 Å². The van der Waals surface area contributed by atoms with E-state index in [1.54, 1.807) is 4.90 Å². The third-order valence-electron chi connectivity index (χ3n) is 3.48. The number of methoxy groups -OCH3 is 1. The Kier molecular flexibility index (Phi) is 5.12. The molecule has 1 aromatic heterocycles. The average molecular weight is 352 g/mol. The predicted molar refractivity (Wildman–Crippen MR) is 89.6 cm³/mol. The summed E-state index contributed by atoms with van der Waals surface area (Å²) in [4.78, 5) is 30.0. The first kappa shape index (κ1) is 16.2. The van der Waals surface area contributed by atoms with Gasteiger partial charge in [-0.15, -0.1) is 11.8 Å². The van der Waals surface area contributed by atoms with Crippen molar-refractivity contribution in [2.24, 2.45) is 0 Å². The summed E-state index contributed by atoms with van der Waals surface area (Å²) in [6.45, 7) is 1.04. The summed E-state index contributed by atoms with van der Waals surface area (Å²) < 4.78 is 10.3. The molecule has 1 aliphatic rings. The van der Waals surface area contributed by atoms with Crippen LogP contribution in [0.1, 0.15) is 0 Å². The molecule has 6 nitrogen and oxygen atoms in total. The van der Waals surface area contributed by atoms with Crippen LogP contribution in [0.5, 0.6) is 0 Å². The molecule has 0 spiro atoms. The molecule has 0 N–H and O–H groups in total. The molecule has 23 heavy (non-hydrogen) atoms. The number of para-hydroxylation sites is 2. The summed E-state index contributed by atoms with van der Waals surface area (Å²) in [5.74, 6) is 0.676. The molecule has 1 aromatic carbocycles. The number of esters is 1. The molecule has 0 bridgehead atoms. The number of thioether (sulfide) groups is 2. The second kappa shape index (κ2) is 7.27. The lowest BCUT2D eigenvalue weighted by Gasteiger charge is -2.30. The van der Waals surface area contributed by atoms with Crippen LogP contribution >= 0.6 is 23.5 Å². The smallest absolute Gasteiger partial charge is 0.320 e. The van der Waals surface area contributed by atoms with E-state index in [2.05, 4.69) is 4.98 Å². The number of ether oxygens (including phenoxy) is 1. The molecule has 0 radical (unpaired) electrons. The third-order valence-corrected chi connectivity index (χ3v) is 5.45. The molecule has 3 rings (SSSR count). The minimum absolute atomic E-state index is 0.0218. The maximum Gasteiger partial charge on any atom is 0.320 e. The fourth-order valence-corrected chi connectivity index (χ4v) is 4.15. The first-order valence-corrected chi connectivity index (χ1v) is 9.16. The van der Waals surface area contributed by atoms with Gasteiger partial charge in [0.2, 0.25) is 5.91 Å². The third kappa shape index (κ3) is 3.81. The van der Waals surface area contributed by atoms with Gasteiger partial charge in [0.15, 0.2) is 5.58 Å². The number of carbonyl (C=O) groups excluding carboxylic acids is 2. The van der Waals surface area contributed by atoms with Crippen molar-refractivity contribution in [3.63, 3.8) is 0 Å². The number of carbonyl (C=O) groups is 2. The molecular formula is C15H16N2O4S2. The van der Waals surface area contributed by atoms with Gasteiger partial charge in [0.25, 0.3) is 5.22 Å². The van der Waals surface area contributed by atoms with Crippen molar-refractivity contribution in [3.05, 3.63) is 24.3 Å². The zero-order chi connectivity index (χ0) is 16.2. The van der Waals surface area contributed by atoms with Gasteiger partial charge in [0.05, 0.1) is 12.9 Å². The van der Waals surface area contributed by atoms with Gasteiger partial charge in [0, 0.05) is 18.8 Å². The molecule has 1 atom stereocenters. The van der Waals surface area contributed by atoms with E-state index in [1.165, 1.54) is 30.6 Å². The fraction of sp³-hybridized carbons (Fsp3) is 0.400. The quantitative estimate of drug-likeness (QED) is 0.616. The Bertz CT molecular complexity index is 685. The Labute approximate surface area is 141 Å². The van der Waals surface area contributed by atoms with E-state index >= 15 is 0 Å². The van der Waals surface area contributed by atoms with Crippen molar-refractivity contribution >= 4 is 46.5 Å². The average Bonchev–Trinajstić information content (AvgIpc) is 3.02. The van der Waals surface area contributed by atoms with Crippen molar-refractivity contribution < 1.29 is 18.7 Å². The molecule has 0 saturated carbocycles. The van der Waals surface area contributed by atoms with Crippen LogP contribution in [0.4, 0.5) is 0 Å². The molecule has 1 saturated heterocycles. The molecule has 0 aliphatic carbocycles.